The van der Waals surface area contributed by atoms with Crippen LogP contribution in [0, 0.1) is 5.41 Å². The predicted molar refractivity (Wildman–Crippen MR) is 62.5 cm³/mol. The number of β-lactam (4-membered cyclic amide) rings is 1. The van der Waals surface area contributed by atoms with Crippen molar-refractivity contribution < 1.29 is 23.9 Å². The molecule has 0 saturated carbocycles. The van der Waals surface area contributed by atoms with Gasteiger partial charge in [0.15, 0.2) is 0 Å². The summed E-state index contributed by atoms with van der Waals surface area (Å²) in [6.45, 7) is 7.46. The largest absolute Gasteiger partial charge is 0.464 e. The number of esters is 2. The minimum atomic E-state index is -1.27. The highest BCUT2D eigenvalue weighted by molar-refractivity contribution is 6.04. The van der Waals surface area contributed by atoms with Gasteiger partial charge in [0.2, 0.25) is 11.9 Å². The van der Waals surface area contributed by atoms with Gasteiger partial charge in [-0.2, -0.15) is 0 Å². The van der Waals surface area contributed by atoms with Crippen LogP contribution in [0.2, 0.25) is 0 Å². The molecule has 6 nitrogen and oxygen atoms in total. The summed E-state index contributed by atoms with van der Waals surface area (Å²) in [5.74, 6) is -1.71. The summed E-state index contributed by atoms with van der Waals surface area (Å²) in [5.41, 5.74) is -0.531. The molecule has 0 atom stereocenters. The number of rotatable bonds is 5. The Balaban J connectivity index is 2.83. The maximum Gasteiger partial charge on any atom is 0.340 e. The van der Waals surface area contributed by atoms with Crippen LogP contribution in [0.25, 0.3) is 0 Å². The van der Waals surface area contributed by atoms with Crippen molar-refractivity contribution in [3.8, 4) is 0 Å². The Bertz CT molecular complexity index is 345. The van der Waals surface area contributed by atoms with Gasteiger partial charge >= 0.3 is 11.9 Å². The van der Waals surface area contributed by atoms with Crippen LogP contribution in [0.4, 0.5) is 0 Å². The van der Waals surface area contributed by atoms with Gasteiger partial charge in [-0.3, -0.25) is 4.79 Å². The zero-order valence-corrected chi connectivity index (χ0v) is 11.2. The summed E-state index contributed by atoms with van der Waals surface area (Å²) in [6.07, 6.45) is 0. The quantitative estimate of drug-likeness (QED) is 0.403. The average molecular weight is 257 g/mol. The van der Waals surface area contributed by atoms with Gasteiger partial charge in [-0.15, -0.1) is 0 Å². The van der Waals surface area contributed by atoms with E-state index in [0.29, 0.717) is 6.54 Å². The molecule has 0 aromatic heterocycles. The topological polar surface area (TPSA) is 72.9 Å². The van der Waals surface area contributed by atoms with E-state index >= 15 is 0 Å². The molecule has 1 heterocycles. The summed E-state index contributed by atoms with van der Waals surface area (Å²) in [4.78, 5) is 36.5. The maximum absolute atomic E-state index is 11.9. The maximum atomic E-state index is 11.9. The minimum Gasteiger partial charge on any atom is -0.464 e. The average Bonchev–Trinajstić information content (AvgIpc) is 2.28. The lowest BCUT2D eigenvalue weighted by molar-refractivity contribution is -0.180. The Hall–Kier alpha value is -1.59. The third kappa shape index (κ3) is 2.63. The molecule has 1 saturated heterocycles. The molecule has 0 radical (unpaired) electrons. The molecular weight excluding hydrogens is 238 g/mol. The van der Waals surface area contributed by atoms with E-state index in [2.05, 4.69) is 0 Å². The molecular formula is C12H19NO5. The summed E-state index contributed by atoms with van der Waals surface area (Å²) < 4.78 is 9.62. The first kappa shape index (κ1) is 14.5. The zero-order chi connectivity index (χ0) is 13.9. The van der Waals surface area contributed by atoms with Crippen molar-refractivity contribution in [2.75, 3.05) is 19.8 Å². The molecule has 18 heavy (non-hydrogen) atoms. The standard InChI is InChI=1S/C12H19NO5/c1-5-17-9(14)8(10(15)18-6-2)13-7-12(3,4)11(13)16/h8H,5-7H2,1-4H3. The molecule has 0 aliphatic carbocycles. The highest BCUT2D eigenvalue weighted by Crippen LogP contribution is 2.33. The van der Waals surface area contributed by atoms with E-state index in [1.54, 1.807) is 27.7 Å². The third-order valence-electron chi connectivity index (χ3n) is 2.74. The zero-order valence-electron chi connectivity index (χ0n) is 11.2. The van der Waals surface area contributed by atoms with Gasteiger partial charge in [0.25, 0.3) is 0 Å². The van der Waals surface area contributed by atoms with Crippen LogP contribution >= 0.6 is 0 Å². The number of nitrogens with zero attached hydrogens (tertiary/aromatic N) is 1. The number of hydrogen-bond acceptors (Lipinski definition) is 5. The number of carbonyl (C=O) groups is 3. The second-order valence-electron chi connectivity index (χ2n) is 4.72. The lowest BCUT2D eigenvalue weighted by atomic mass is 9.82. The molecule has 1 aliphatic heterocycles. The smallest absolute Gasteiger partial charge is 0.340 e. The lowest BCUT2D eigenvalue weighted by Gasteiger charge is -2.46. The number of ether oxygens (including phenoxy) is 2. The number of likely N-dealkylation sites (tertiary alicyclic amines) is 1. The SMILES string of the molecule is CCOC(=O)C(C(=O)OCC)N1CC(C)(C)C1=O. The van der Waals surface area contributed by atoms with Gasteiger partial charge in [0.05, 0.1) is 18.6 Å². The molecule has 6 heteroatoms. The first-order chi connectivity index (χ1) is 8.35. The van der Waals surface area contributed by atoms with Crippen molar-refractivity contribution in [2.45, 2.75) is 33.7 Å². The molecule has 0 aromatic rings. The van der Waals surface area contributed by atoms with Crippen LogP contribution in [0.15, 0.2) is 0 Å². The summed E-state index contributed by atoms with van der Waals surface area (Å²) in [7, 11) is 0. The van der Waals surface area contributed by atoms with Crippen LogP contribution < -0.4 is 0 Å². The Morgan fingerprint density at radius 1 is 1.22 bits per heavy atom. The molecule has 0 N–H and O–H groups in total. The fourth-order valence-electron chi connectivity index (χ4n) is 1.86. The van der Waals surface area contributed by atoms with E-state index in [4.69, 9.17) is 9.47 Å². The van der Waals surface area contributed by atoms with E-state index < -0.39 is 23.4 Å². The van der Waals surface area contributed by atoms with E-state index in [0.717, 1.165) is 0 Å². The molecule has 1 rings (SSSR count). The number of hydrogen-bond donors (Lipinski definition) is 0. The predicted octanol–water partition coefficient (Wildman–Crippen LogP) is 0.350. The monoisotopic (exact) mass is 257 g/mol. The molecule has 1 amide bonds. The summed E-state index contributed by atoms with van der Waals surface area (Å²) >= 11 is 0. The third-order valence-corrected chi connectivity index (χ3v) is 2.74. The Labute approximate surface area is 106 Å². The van der Waals surface area contributed by atoms with Crippen LogP contribution in [-0.2, 0) is 23.9 Å². The van der Waals surface area contributed by atoms with Crippen molar-refractivity contribution >= 4 is 17.8 Å². The van der Waals surface area contributed by atoms with E-state index in [-0.39, 0.29) is 19.1 Å². The van der Waals surface area contributed by atoms with Crippen LogP contribution in [0.5, 0.6) is 0 Å². The summed E-state index contributed by atoms with van der Waals surface area (Å²) in [6, 6.07) is -1.27. The van der Waals surface area contributed by atoms with Crippen molar-refractivity contribution in [1.29, 1.82) is 0 Å². The van der Waals surface area contributed by atoms with Crippen LogP contribution in [-0.4, -0.2) is 48.5 Å². The van der Waals surface area contributed by atoms with Crippen molar-refractivity contribution in [3.63, 3.8) is 0 Å². The second kappa shape index (κ2) is 5.37. The minimum absolute atomic E-state index is 0.153. The fourth-order valence-corrected chi connectivity index (χ4v) is 1.86. The Morgan fingerprint density at radius 3 is 1.94 bits per heavy atom. The molecule has 0 spiro atoms. The highest BCUT2D eigenvalue weighted by Gasteiger charge is 2.52. The van der Waals surface area contributed by atoms with Crippen LogP contribution in [0.3, 0.4) is 0 Å². The van der Waals surface area contributed by atoms with Crippen molar-refractivity contribution in [3.05, 3.63) is 0 Å². The van der Waals surface area contributed by atoms with Gasteiger partial charge in [0.1, 0.15) is 0 Å². The molecule has 1 fully saturated rings. The van der Waals surface area contributed by atoms with E-state index in [9.17, 15) is 14.4 Å². The van der Waals surface area contributed by atoms with Gasteiger partial charge in [0, 0.05) is 6.54 Å². The molecule has 0 unspecified atom stereocenters. The Morgan fingerprint density at radius 2 is 1.67 bits per heavy atom. The normalized spacial score (nSPS) is 17.4. The van der Waals surface area contributed by atoms with Crippen molar-refractivity contribution in [2.24, 2.45) is 5.41 Å². The lowest BCUT2D eigenvalue weighted by Crippen LogP contribution is -2.66. The van der Waals surface area contributed by atoms with Gasteiger partial charge in [-0.05, 0) is 27.7 Å². The van der Waals surface area contributed by atoms with Crippen LogP contribution in [0.1, 0.15) is 27.7 Å². The number of carbonyl (C=O) groups excluding carboxylic acids is 3. The Kier molecular flexibility index (Phi) is 4.32. The highest BCUT2D eigenvalue weighted by atomic mass is 16.6. The second-order valence-corrected chi connectivity index (χ2v) is 4.72. The van der Waals surface area contributed by atoms with E-state index in [1.165, 1.54) is 4.90 Å². The van der Waals surface area contributed by atoms with E-state index in [1.807, 2.05) is 0 Å². The summed E-state index contributed by atoms with van der Waals surface area (Å²) in [5, 5.41) is 0. The van der Waals surface area contributed by atoms with Crippen molar-refractivity contribution in [1.82, 2.24) is 4.90 Å². The van der Waals surface area contributed by atoms with Gasteiger partial charge < -0.3 is 14.4 Å². The molecule has 1 aliphatic rings. The van der Waals surface area contributed by atoms with Gasteiger partial charge in [-0.1, -0.05) is 0 Å². The molecule has 0 aromatic carbocycles. The van der Waals surface area contributed by atoms with Gasteiger partial charge in [-0.25, -0.2) is 9.59 Å². The first-order valence-corrected chi connectivity index (χ1v) is 5.99. The molecule has 102 valence electrons. The number of amides is 1. The first-order valence-electron chi connectivity index (χ1n) is 5.99. The fraction of sp³-hybridized carbons (Fsp3) is 0.750. The molecule has 0 bridgehead atoms.